The number of thiophene rings is 1. The Morgan fingerprint density at radius 2 is 2.21 bits per heavy atom. The van der Waals surface area contributed by atoms with Crippen LogP contribution in [0.3, 0.4) is 0 Å². The van der Waals surface area contributed by atoms with E-state index < -0.39 is 0 Å². The highest BCUT2D eigenvalue weighted by molar-refractivity contribution is 7.98. The van der Waals surface area contributed by atoms with E-state index >= 15 is 0 Å². The highest BCUT2D eigenvalue weighted by atomic mass is 32.2. The number of carbonyl (C=O) groups excluding carboxylic acids is 1. The molecule has 1 aromatic heterocycles. The molecule has 0 fully saturated rings. The Balaban J connectivity index is 2.91. The fourth-order valence-electron chi connectivity index (χ4n) is 1.77. The van der Waals surface area contributed by atoms with E-state index in [4.69, 9.17) is 5.26 Å². The van der Waals surface area contributed by atoms with Crippen molar-refractivity contribution in [3.63, 3.8) is 0 Å². The fraction of sp³-hybridized carbons (Fsp3) is 0.571. The number of hydrogen-bond donors (Lipinski definition) is 0. The van der Waals surface area contributed by atoms with Gasteiger partial charge in [0.2, 0.25) is 0 Å². The van der Waals surface area contributed by atoms with E-state index in [2.05, 4.69) is 26.8 Å². The van der Waals surface area contributed by atoms with Crippen LogP contribution in [0.2, 0.25) is 0 Å². The maximum atomic E-state index is 12.6. The number of nitrogens with zero attached hydrogens (tertiary/aromatic N) is 2. The molecule has 1 amide bonds. The number of hydrogen-bond acceptors (Lipinski definition) is 4. The lowest BCUT2D eigenvalue weighted by molar-refractivity contribution is 0.0701. The van der Waals surface area contributed by atoms with E-state index in [1.807, 2.05) is 17.7 Å². The summed E-state index contributed by atoms with van der Waals surface area (Å²) in [5, 5.41) is 10.7. The average molecular weight is 296 g/mol. The molecule has 104 valence electrons. The zero-order chi connectivity index (χ0) is 14.5. The normalized spacial score (nSPS) is 11.1. The Hall–Kier alpha value is -0.990. The minimum Gasteiger partial charge on any atom is -0.336 e. The van der Waals surface area contributed by atoms with Gasteiger partial charge in [-0.3, -0.25) is 4.79 Å². The summed E-state index contributed by atoms with van der Waals surface area (Å²) in [4.78, 5) is 16.2. The third kappa shape index (κ3) is 4.88. The first-order valence-electron chi connectivity index (χ1n) is 6.17. The monoisotopic (exact) mass is 296 g/mol. The topological polar surface area (TPSA) is 44.1 Å². The van der Waals surface area contributed by atoms with E-state index in [-0.39, 0.29) is 11.3 Å². The summed E-state index contributed by atoms with van der Waals surface area (Å²) < 4.78 is 0. The van der Waals surface area contributed by atoms with Crippen LogP contribution < -0.4 is 0 Å². The Kier molecular flexibility index (Phi) is 5.89. The molecule has 0 aliphatic rings. The SMILES string of the molecule is CSc1ccsc1C(=O)N(CCC#N)CC(C)(C)C. The standard InChI is InChI=1S/C14H20N2OS2/c1-14(2,3)10-16(8-5-7-15)13(17)12-11(18-4)6-9-19-12/h6,9H,5,8,10H2,1-4H3. The summed E-state index contributed by atoms with van der Waals surface area (Å²) in [7, 11) is 0. The van der Waals surface area contributed by atoms with Crippen LogP contribution in [0.1, 0.15) is 36.9 Å². The molecule has 0 radical (unpaired) electrons. The molecule has 5 heteroatoms. The van der Waals surface area contributed by atoms with Gasteiger partial charge < -0.3 is 4.90 Å². The molecule has 0 N–H and O–H groups in total. The number of nitriles is 1. The molecule has 1 aromatic rings. The molecule has 0 aromatic carbocycles. The van der Waals surface area contributed by atoms with Gasteiger partial charge in [0.15, 0.2) is 0 Å². The van der Waals surface area contributed by atoms with Gasteiger partial charge in [0, 0.05) is 18.0 Å². The quantitative estimate of drug-likeness (QED) is 0.775. The van der Waals surface area contributed by atoms with Gasteiger partial charge in [0.25, 0.3) is 5.91 Å². The van der Waals surface area contributed by atoms with Crippen molar-refractivity contribution in [2.75, 3.05) is 19.3 Å². The van der Waals surface area contributed by atoms with Crippen LogP contribution in [-0.2, 0) is 0 Å². The zero-order valence-electron chi connectivity index (χ0n) is 11.9. The predicted octanol–water partition coefficient (Wildman–Crippen LogP) is 3.87. The van der Waals surface area contributed by atoms with E-state index in [1.165, 1.54) is 11.3 Å². The predicted molar refractivity (Wildman–Crippen MR) is 81.7 cm³/mol. The molecule has 0 spiro atoms. The second-order valence-corrected chi connectivity index (χ2v) is 7.28. The summed E-state index contributed by atoms with van der Waals surface area (Å²) in [6.45, 7) is 7.47. The smallest absolute Gasteiger partial charge is 0.265 e. The number of thioether (sulfide) groups is 1. The zero-order valence-corrected chi connectivity index (χ0v) is 13.5. The van der Waals surface area contributed by atoms with Crippen molar-refractivity contribution in [2.45, 2.75) is 32.1 Å². The Morgan fingerprint density at radius 1 is 1.53 bits per heavy atom. The van der Waals surface area contributed by atoms with Crippen molar-refractivity contribution in [3.05, 3.63) is 16.3 Å². The van der Waals surface area contributed by atoms with Gasteiger partial charge in [-0.1, -0.05) is 20.8 Å². The summed E-state index contributed by atoms with van der Waals surface area (Å²) >= 11 is 3.06. The van der Waals surface area contributed by atoms with Gasteiger partial charge in [0.05, 0.1) is 12.5 Å². The van der Waals surface area contributed by atoms with Crippen molar-refractivity contribution in [1.82, 2.24) is 4.90 Å². The lowest BCUT2D eigenvalue weighted by Gasteiger charge is -2.29. The summed E-state index contributed by atoms with van der Waals surface area (Å²) in [5.74, 6) is 0.0459. The second-order valence-electron chi connectivity index (χ2n) is 5.51. The molecule has 0 bridgehead atoms. The maximum Gasteiger partial charge on any atom is 0.265 e. The molecule has 1 heterocycles. The minimum atomic E-state index is 0.0297. The third-order valence-corrected chi connectivity index (χ3v) is 4.30. The first-order valence-corrected chi connectivity index (χ1v) is 8.27. The Bertz CT molecular complexity index is 469. The molecule has 0 saturated carbocycles. The highest BCUT2D eigenvalue weighted by Crippen LogP contribution is 2.28. The summed E-state index contributed by atoms with van der Waals surface area (Å²) in [5.41, 5.74) is 0.0297. The Labute approximate surface area is 123 Å². The lowest BCUT2D eigenvalue weighted by atomic mass is 9.96. The van der Waals surface area contributed by atoms with Crippen LogP contribution in [0.4, 0.5) is 0 Å². The van der Waals surface area contributed by atoms with Crippen molar-refractivity contribution in [1.29, 1.82) is 5.26 Å². The summed E-state index contributed by atoms with van der Waals surface area (Å²) in [6, 6.07) is 4.09. The van der Waals surface area contributed by atoms with Gasteiger partial charge in [-0.2, -0.15) is 5.26 Å². The van der Waals surface area contributed by atoms with Gasteiger partial charge in [-0.15, -0.1) is 23.1 Å². The first kappa shape index (κ1) is 16.1. The summed E-state index contributed by atoms with van der Waals surface area (Å²) in [6.07, 6.45) is 2.35. The van der Waals surface area contributed by atoms with Crippen molar-refractivity contribution >= 4 is 29.0 Å². The van der Waals surface area contributed by atoms with E-state index in [1.54, 1.807) is 16.7 Å². The molecule has 0 saturated heterocycles. The van der Waals surface area contributed by atoms with Gasteiger partial charge in [0.1, 0.15) is 4.88 Å². The molecule has 0 aliphatic carbocycles. The average Bonchev–Trinajstić information content (AvgIpc) is 2.80. The number of rotatable bonds is 5. The lowest BCUT2D eigenvalue weighted by Crippen LogP contribution is -2.38. The number of carbonyl (C=O) groups is 1. The molecule has 3 nitrogen and oxygen atoms in total. The number of amides is 1. The van der Waals surface area contributed by atoms with Crippen molar-refractivity contribution in [2.24, 2.45) is 5.41 Å². The molecule has 0 unspecified atom stereocenters. The van der Waals surface area contributed by atoms with Gasteiger partial charge >= 0.3 is 0 Å². The first-order chi connectivity index (χ1) is 8.89. The highest BCUT2D eigenvalue weighted by Gasteiger charge is 2.24. The molecular formula is C14H20N2OS2. The Morgan fingerprint density at radius 3 is 2.74 bits per heavy atom. The molecule has 1 rings (SSSR count). The van der Waals surface area contributed by atoms with Crippen LogP contribution in [0, 0.1) is 16.7 Å². The van der Waals surface area contributed by atoms with E-state index in [0.29, 0.717) is 19.5 Å². The van der Waals surface area contributed by atoms with Crippen molar-refractivity contribution in [3.8, 4) is 6.07 Å². The second kappa shape index (κ2) is 6.97. The van der Waals surface area contributed by atoms with Crippen LogP contribution in [0.5, 0.6) is 0 Å². The fourth-order valence-corrected chi connectivity index (χ4v) is 3.48. The molecule has 19 heavy (non-hydrogen) atoms. The molecule has 0 atom stereocenters. The van der Waals surface area contributed by atoms with Crippen LogP contribution in [0.25, 0.3) is 0 Å². The van der Waals surface area contributed by atoms with E-state index in [0.717, 1.165) is 9.77 Å². The van der Waals surface area contributed by atoms with Gasteiger partial charge in [-0.05, 0) is 23.1 Å². The maximum absolute atomic E-state index is 12.6. The van der Waals surface area contributed by atoms with Crippen LogP contribution in [-0.4, -0.2) is 30.2 Å². The largest absolute Gasteiger partial charge is 0.336 e. The van der Waals surface area contributed by atoms with Crippen LogP contribution >= 0.6 is 23.1 Å². The molecular weight excluding hydrogens is 276 g/mol. The molecule has 0 aliphatic heterocycles. The van der Waals surface area contributed by atoms with E-state index in [9.17, 15) is 4.79 Å². The minimum absolute atomic E-state index is 0.0297. The van der Waals surface area contributed by atoms with Crippen molar-refractivity contribution < 1.29 is 4.79 Å². The van der Waals surface area contributed by atoms with Gasteiger partial charge in [-0.25, -0.2) is 0 Å². The van der Waals surface area contributed by atoms with Crippen LogP contribution in [0.15, 0.2) is 16.3 Å². The third-order valence-electron chi connectivity index (χ3n) is 2.49.